The number of amides is 2. The molecular formula is C12H14N2O3S. The summed E-state index contributed by atoms with van der Waals surface area (Å²) in [5.41, 5.74) is 0.859. The van der Waals surface area contributed by atoms with Crippen LogP contribution in [0.25, 0.3) is 6.08 Å². The van der Waals surface area contributed by atoms with Crippen LogP contribution in [0, 0.1) is 0 Å². The van der Waals surface area contributed by atoms with Crippen LogP contribution in [0.5, 0.6) is 0 Å². The molecule has 0 saturated carbocycles. The van der Waals surface area contributed by atoms with Crippen molar-refractivity contribution in [3.05, 3.63) is 28.0 Å². The topological polar surface area (TPSA) is 60.9 Å². The molecule has 96 valence electrons. The SMILES string of the molecule is CN1CCN(Cc2cc(C=CC(=O)O)cs2)C1=O. The monoisotopic (exact) mass is 266 g/mol. The van der Waals surface area contributed by atoms with Gasteiger partial charge in [-0.25, -0.2) is 9.59 Å². The summed E-state index contributed by atoms with van der Waals surface area (Å²) in [4.78, 5) is 26.6. The fourth-order valence-electron chi connectivity index (χ4n) is 1.77. The molecule has 2 rings (SSSR count). The zero-order chi connectivity index (χ0) is 13.1. The van der Waals surface area contributed by atoms with E-state index in [1.54, 1.807) is 22.9 Å². The molecule has 1 N–H and O–H groups in total. The fourth-order valence-corrected chi connectivity index (χ4v) is 2.64. The minimum atomic E-state index is -0.959. The van der Waals surface area contributed by atoms with Gasteiger partial charge in [0.2, 0.25) is 0 Å². The van der Waals surface area contributed by atoms with Crippen molar-refractivity contribution < 1.29 is 14.7 Å². The van der Waals surface area contributed by atoms with Crippen LogP contribution in [0.4, 0.5) is 4.79 Å². The van der Waals surface area contributed by atoms with Crippen LogP contribution >= 0.6 is 11.3 Å². The van der Waals surface area contributed by atoms with Gasteiger partial charge in [-0.1, -0.05) is 0 Å². The van der Waals surface area contributed by atoms with Crippen molar-refractivity contribution in [1.82, 2.24) is 9.80 Å². The van der Waals surface area contributed by atoms with Gasteiger partial charge in [0.25, 0.3) is 0 Å². The summed E-state index contributed by atoms with van der Waals surface area (Å²) >= 11 is 1.53. The zero-order valence-electron chi connectivity index (χ0n) is 10.00. The van der Waals surface area contributed by atoms with Gasteiger partial charge in [0.1, 0.15) is 0 Å². The van der Waals surface area contributed by atoms with Gasteiger partial charge in [-0.05, 0) is 23.1 Å². The first-order valence-corrected chi connectivity index (χ1v) is 6.42. The highest BCUT2D eigenvalue weighted by Crippen LogP contribution is 2.20. The van der Waals surface area contributed by atoms with E-state index < -0.39 is 5.97 Å². The van der Waals surface area contributed by atoms with E-state index in [-0.39, 0.29) is 6.03 Å². The first-order valence-electron chi connectivity index (χ1n) is 5.55. The Morgan fingerprint density at radius 3 is 2.94 bits per heavy atom. The highest BCUT2D eigenvalue weighted by Gasteiger charge is 2.25. The Balaban J connectivity index is 1.99. The van der Waals surface area contributed by atoms with E-state index in [4.69, 9.17) is 5.11 Å². The first kappa shape index (κ1) is 12.6. The predicted molar refractivity (Wildman–Crippen MR) is 69.4 cm³/mol. The number of thiophene rings is 1. The Morgan fingerprint density at radius 2 is 2.33 bits per heavy atom. The van der Waals surface area contributed by atoms with Crippen molar-refractivity contribution in [2.45, 2.75) is 6.54 Å². The maximum absolute atomic E-state index is 11.7. The second-order valence-corrected chi connectivity index (χ2v) is 5.14. The third-order valence-electron chi connectivity index (χ3n) is 2.74. The van der Waals surface area contributed by atoms with Crippen LogP contribution in [0.1, 0.15) is 10.4 Å². The van der Waals surface area contributed by atoms with Gasteiger partial charge in [0, 0.05) is 31.1 Å². The van der Waals surface area contributed by atoms with E-state index in [9.17, 15) is 9.59 Å². The summed E-state index contributed by atoms with van der Waals surface area (Å²) < 4.78 is 0. The molecule has 0 bridgehead atoms. The number of hydrogen-bond donors (Lipinski definition) is 1. The zero-order valence-corrected chi connectivity index (χ0v) is 10.8. The Labute approximate surface area is 109 Å². The molecule has 1 fully saturated rings. The Morgan fingerprint density at radius 1 is 1.56 bits per heavy atom. The van der Waals surface area contributed by atoms with Gasteiger partial charge < -0.3 is 14.9 Å². The summed E-state index contributed by atoms with van der Waals surface area (Å²) in [5, 5.41) is 10.4. The molecule has 1 aliphatic rings. The summed E-state index contributed by atoms with van der Waals surface area (Å²) in [6.07, 6.45) is 2.67. The Hall–Kier alpha value is -1.82. The van der Waals surface area contributed by atoms with Crippen molar-refractivity contribution >= 4 is 29.4 Å². The average Bonchev–Trinajstić information content (AvgIpc) is 2.89. The molecule has 0 atom stereocenters. The number of likely N-dealkylation sites (N-methyl/N-ethyl adjacent to an activating group) is 1. The summed E-state index contributed by atoms with van der Waals surface area (Å²) in [6.45, 7) is 2.10. The Kier molecular flexibility index (Phi) is 3.66. The number of carbonyl (C=O) groups excluding carboxylic acids is 1. The lowest BCUT2D eigenvalue weighted by atomic mass is 10.3. The molecule has 1 aliphatic heterocycles. The van der Waals surface area contributed by atoms with Crippen LogP contribution in [-0.2, 0) is 11.3 Å². The number of carboxylic acid groups (broad SMARTS) is 1. The maximum Gasteiger partial charge on any atom is 0.328 e. The van der Waals surface area contributed by atoms with E-state index in [2.05, 4.69) is 0 Å². The largest absolute Gasteiger partial charge is 0.478 e. The fraction of sp³-hybridized carbons (Fsp3) is 0.333. The van der Waals surface area contributed by atoms with Crippen molar-refractivity contribution in [3.63, 3.8) is 0 Å². The van der Waals surface area contributed by atoms with E-state index in [0.29, 0.717) is 6.54 Å². The molecule has 18 heavy (non-hydrogen) atoms. The molecule has 2 heterocycles. The van der Waals surface area contributed by atoms with Crippen molar-refractivity contribution in [1.29, 1.82) is 0 Å². The third kappa shape index (κ3) is 2.89. The van der Waals surface area contributed by atoms with E-state index in [1.807, 2.05) is 11.4 Å². The second kappa shape index (κ2) is 5.22. The van der Waals surface area contributed by atoms with E-state index in [1.165, 1.54) is 11.3 Å². The van der Waals surface area contributed by atoms with E-state index >= 15 is 0 Å². The summed E-state index contributed by atoms with van der Waals surface area (Å²) in [7, 11) is 1.79. The average molecular weight is 266 g/mol. The molecular weight excluding hydrogens is 252 g/mol. The molecule has 0 spiro atoms. The molecule has 1 saturated heterocycles. The number of hydrogen-bond acceptors (Lipinski definition) is 3. The lowest BCUT2D eigenvalue weighted by molar-refractivity contribution is -0.131. The molecule has 1 aromatic heterocycles. The molecule has 6 heteroatoms. The van der Waals surface area contributed by atoms with Gasteiger partial charge in [0.15, 0.2) is 0 Å². The molecule has 0 aliphatic carbocycles. The lowest BCUT2D eigenvalue weighted by Gasteiger charge is -2.14. The molecule has 1 aromatic rings. The first-order chi connectivity index (χ1) is 8.56. The number of rotatable bonds is 4. The van der Waals surface area contributed by atoms with Gasteiger partial charge in [0.05, 0.1) is 6.54 Å². The third-order valence-corrected chi connectivity index (χ3v) is 3.68. The van der Waals surface area contributed by atoms with Gasteiger partial charge in [-0.2, -0.15) is 0 Å². The van der Waals surface area contributed by atoms with Crippen LogP contribution in [0.3, 0.4) is 0 Å². The van der Waals surface area contributed by atoms with Crippen molar-refractivity contribution in [3.8, 4) is 0 Å². The standard InChI is InChI=1S/C12H14N2O3S/c1-13-4-5-14(12(13)17)7-10-6-9(8-18-10)2-3-11(15)16/h2-3,6,8H,4-5,7H2,1H3,(H,15,16). The molecule has 0 radical (unpaired) electrons. The lowest BCUT2D eigenvalue weighted by Crippen LogP contribution is -2.28. The minimum absolute atomic E-state index is 0.0472. The maximum atomic E-state index is 11.7. The molecule has 5 nitrogen and oxygen atoms in total. The number of carboxylic acids is 1. The second-order valence-electron chi connectivity index (χ2n) is 4.14. The predicted octanol–water partition coefficient (Wildman–Crippen LogP) is 1.71. The van der Waals surface area contributed by atoms with Crippen LogP contribution < -0.4 is 0 Å². The molecule has 0 aromatic carbocycles. The number of aliphatic carboxylic acids is 1. The Bertz CT molecular complexity index is 495. The van der Waals surface area contributed by atoms with E-state index in [0.717, 1.165) is 29.6 Å². The highest BCUT2D eigenvalue weighted by atomic mass is 32.1. The van der Waals surface area contributed by atoms with Gasteiger partial charge >= 0.3 is 12.0 Å². The highest BCUT2D eigenvalue weighted by molar-refractivity contribution is 7.10. The van der Waals surface area contributed by atoms with Crippen LogP contribution in [-0.4, -0.2) is 47.0 Å². The normalized spacial score (nSPS) is 15.9. The van der Waals surface area contributed by atoms with Crippen molar-refractivity contribution in [2.24, 2.45) is 0 Å². The quantitative estimate of drug-likeness (QED) is 0.844. The van der Waals surface area contributed by atoms with Gasteiger partial charge in [-0.3, -0.25) is 0 Å². The molecule has 2 amide bonds. The summed E-state index contributed by atoms with van der Waals surface area (Å²) in [6, 6.07) is 1.96. The van der Waals surface area contributed by atoms with Crippen LogP contribution in [0.2, 0.25) is 0 Å². The van der Waals surface area contributed by atoms with Crippen molar-refractivity contribution in [2.75, 3.05) is 20.1 Å². The number of carbonyl (C=O) groups is 2. The van der Waals surface area contributed by atoms with Gasteiger partial charge in [-0.15, -0.1) is 11.3 Å². The molecule has 0 unspecified atom stereocenters. The number of urea groups is 1. The summed E-state index contributed by atoms with van der Waals surface area (Å²) in [5.74, 6) is -0.959. The van der Waals surface area contributed by atoms with Crippen LogP contribution in [0.15, 0.2) is 17.5 Å². The minimum Gasteiger partial charge on any atom is -0.478 e. The number of nitrogens with zero attached hydrogens (tertiary/aromatic N) is 2. The smallest absolute Gasteiger partial charge is 0.328 e.